The topological polar surface area (TPSA) is 50.8 Å². The Hall–Kier alpha value is -1.42. The molecule has 0 radical (unpaired) electrons. The van der Waals surface area contributed by atoms with Crippen molar-refractivity contribution in [3.63, 3.8) is 0 Å². The molecule has 2 rings (SSSR count). The average Bonchev–Trinajstić information content (AvgIpc) is 2.46. The fraction of sp³-hybridized carbons (Fsp3) is 0.333. The standard InChI is InChI=1S/C9H11N3O/c1-6-3-4-7-9(10-6)12-8(11-7)5-13-2/h3-4H,5H2,1-2H3,(H,10,11,12). The highest BCUT2D eigenvalue weighted by molar-refractivity contribution is 5.70. The Balaban J connectivity index is 2.49. The molecule has 2 aromatic rings. The molecule has 0 fully saturated rings. The molecule has 0 aliphatic rings. The van der Waals surface area contributed by atoms with E-state index in [0.29, 0.717) is 6.61 Å². The van der Waals surface area contributed by atoms with Gasteiger partial charge >= 0.3 is 0 Å². The van der Waals surface area contributed by atoms with Gasteiger partial charge < -0.3 is 9.72 Å². The minimum absolute atomic E-state index is 0.495. The van der Waals surface area contributed by atoms with E-state index in [4.69, 9.17) is 4.74 Å². The van der Waals surface area contributed by atoms with Crippen molar-refractivity contribution in [2.75, 3.05) is 7.11 Å². The quantitative estimate of drug-likeness (QED) is 0.754. The van der Waals surface area contributed by atoms with Crippen molar-refractivity contribution in [1.82, 2.24) is 15.0 Å². The third-order valence-electron chi connectivity index (χ3n) is 1.82. The molecule has 0 aliphatic carbocycles. The van der Waals surface area contributed by atoms with Crippen molar-refractivity contribution in [3.05, 3.63) is 23.7 Å². The van der Waals surface area contributed by atoms with E-state index in [0.717, 1.165) is 22.7 Å². The number of methoxy groups -OCH3 is 1. The fourth-order valence-corrected chi connectivity index (χ4v) is 1.24. The summed E-state index contributed by atoms with van der Waals surface area (Å²) in [5.41, 5.74) is 2.69. The van der Waals surface area contributed by atoms with Gasteiger partial charge in [0.15, 0.2) is 5.65 Å². The first-order valence-electron chi connectivity index (χ1n) is 4.11. The third-order valence-corrected chi connectivity index (χ3v) is 1.82. The van der Waals surface area contributed by atoms with E-state index >= 15 is 0 Å². The summed E-state index contributed by atoms with van der Waals surface area (Å²) < 4.78 is 4.97. The Kier molecular flexibility index (Phi) is 1.98. The van der Waals surface area contributed by atoms with Crippen LogP contribution in [0.3, 0.4) is 0 Å². The number of ether oxygens (including phenoxy) is 1. The van der Waals surface area contributed by atoms with Crippen molar-refractivity contribution < 1.29 is 4.74 Å². The van der Waals surface area contributed by atoms with Gasteiger partial charge in [0.1, 0.15) is 12.4 Å². The average molecular weight is 177 g/mol. The molecule has 0 bridgehead atoms. The Morgan fingerprint density at radius 2 is 2.23 bits per heavy atom. The molecule has 0 saturated carbocycles. The number of imidazole rings is 1. The van der Waals surface area contributed by atoms with Gasteiger partial charge in [-0.1, -0.05) is 0 Å². The second-order valence-corrected chi connectivity index (χ2v) is 2.94. The molecular weight excluding hydrogens is 166 g/mol. The van der Waals surface area contributed by atoms with Gasteiger partial charge in [-0.05, 0) is 19.1 Å². The smallest absolute Gasteiger partial charge is 0.178 e. The molecule has 2 heterocycles. The van der Waals surface area contributed by atoms with E-state index in [1.54, 1.807) is 7.11 Å². The Morgan fingerprint density at radius 3 is 3.00 bits per heavy atom. The van der Waals surface area contributed by atoms with Gasteiger partial charge in [-0.15, -0.1) is 0 Å². The highest BCUT2D eigenvalue weighted by Gasteiger charge is 2.02. The first kappa shape index (κ1) is 8.19. The SMILES string of the molecule is COCc1nc2nc(C)ccc2[nH]1. The number of hydrogen-bond acceptors (Lipinski definition) is 3. The summed E-state index contributed by atoms with van der Waals surface area (Å²) in [6, 6.07) is 3.93. The number of aromatic amines is 1. The van der Waals surface area contributed by atoms with Crippen LogP contribution in [-0.2, 0) is 11.3 Å². The van der Waals surface area contributed by atoms with Crippen LogP contribution >= 0.6 is 0 Å². The van der Waals surface area contributed by atoms with Crippen molar-refractivity contribution >= 4 is 11.2 Å². The zero-order chi connectivity index (χ0) is 9.26. The van der Waals surface area contributed by atoms with Crippen molar-refractivity contribution in [2.24, 2.45) is 0 Å². The number of nitrogens with zero attached hydrogens (tertiary/aromatic N) is 2. The lowest BCUT2D eigenvalue weighted by atomic mass is 10.4. The van der Waals surface area contributed by atoms with Crippen LogP contribution in [0, 0.1) is 6.92 Å². The molecular formula is C9H11N3O. The minimum Gasteiger partial charge on any atom is -0.377 e. The summed E-state index contributed by atoms with van der Waals surface area (Å²) in [6.45, 7) is 2.44. The largest absolute Gasteiger partial charge is 0.377 e. The molecule has 0 aliphatic heterocycles. The van der Waals surface area contributed by atoms with E-state index in [-0.39, 0.29) is 0 Å². The summed E-state index contributed by atoms with van der Waals surface area (Å²) >= 11 is 0. The number of aromatic nitrogens is 3. The highest BCUT2D eigenvalue weighted by Crippen LogP contribution is 2.09. The van der Waals surface area contributed by atoms with Gasteiger partial charge in [0.05, 0.1) is 5.52 Å². The van der Waals surface area contributed by atoms with Crippen LogP contribution in [0.25, 0.3) is 11.2 Å². The number of nitrogens with one attached hydrogen (secondary N) is 1. The normalized spacial score (nSPS) is 10.9. The second-order valence-electron chi connectivity index (χ2n) is 2.94. The van der Waals surface area contributed by atoms with E-state index in [1.807, 2.05) is 19.1 Å². The number of H-pyrrole nitrogens is 1. The van der Waals surface area contributed by atoms with Crippen molar-refractivity contribution in [3.8, 4) is 0 Å². The molecule has 0 atom stereocenters. The fourth-order valence-electron chi connectivity index (χ4n) is 1.24. The van der Waals surface area contributed by atoms with E-state index in [9.17, 15) is 0 Å². The van der Waals surface area contributed by atoms with Gasteiger partial charge in [0, 0.05) is 12.8 Å². The summed E-state index contributed by atoms with van der Waals surface area (Å²) in [7, 11) is 1.64. The van der Waals surface area contributed by atoms with Gasteiger partial charge in [-0.3, -0.25) is 0 Å². The molecule has 4 heteroatoms. The Morgan fingerprint density at radius 1 is 1.38 bits per heavy atom. The maximum absolute atomic E-state index is 4.97. The van der Waals surface area contributed by atoms with Gasteiger partial charge in [-0.25, -0.2) is 9.97 Å². The molecule has 0 unspecified atom stereocenters. The molecule has 0 aromatic carbocycles. The lowest BCUT2D eigenvalue weighted by molar-refractivity contribution is 0.179. The van der Waals surface area contributed by atoms with Crippen LogP contribution in [0.4, 0.5) is 0 Å². The monoisotopic (exact) mass is 177 g/mol. The molecule has 1 N–H and O–H groups in total. The van der Waals surface area contributed by atoms with Crippen LogP contribution < -0.4 is 0 Å². The minimum atomic E-state index is 0.495. The maximum atomic E-state index is 4.97. The summed E-state index contributed by atoms with van der Waals surface area (Å²) in [5.74, 6) is 0.815. The van der Waals surface area contributed by atoms with Crippen LogP contribution in [0.15, 0.2) is 12.1 Å². The van der Waals surface area contributed by atoms with Crippen molar-refractivity contribution in [1.29, 1.82) is 0 Å². The van der Waals surface area contributed by atoms with Crippen molar-refractivity contribution in [2.45, 2.75) is 13.5 Å². The number of aryl methyl sites for hydroxylation is 1. The lowest BCUT2D eigenvalue weighted by Gasteiger charge is -1.89. The van der Waals surface area contributed by atoms with Gasteiger partial charge in [0.2, 0.25) is 0 Å². The lowest BCUT2D eigenvalue weighted by Crippen LogP contribution is -1.88. The van der Waals surface area contributed by atoms with Crippen LogP contribution in [0.1, 0.15) is 11.5 Å². The Labute approximate surface area is 76.0 Å². The van der Waals surface area contributed by atoms with Gasteiger partial charge in [0.25, 0.3) is 0 Å². The van der Waals surface area contributed by atoms with Gasteiger partial charge in [-0.2, -0.15) is 0 Å². The van der Waals surface area contributed by atoms with Crippen LogP contribution in [0.2, 0.25) is 0 Å². The molecule has 2 aromatic heterocycles. The molecule has 4 nitrogen and oxygen atoms in total. The summed E-state index contributed by atoms with van der Waals surface area (Å²) in [4.78, 5) is 11.7. The predicted molar refractivity (Wildman–Crippen MR) is 49.3 cm³/mol. The second kappa shape index (κ2) is 3.14. The first-order chi connectivity index (χ1) is 6.29. The number of hydrogen-bond donors (Lipinski definition) is 1. The summed E-state index contributed by atoms with van der Waals surface area (Å²) in [5, 5.41) is 0. The number of pyridine rings is 1. The number of rotatable bonds is 2. The Bertz CT molecular complexity index is 422. The van der Waals surface area contributed by atoms with Crippen LogP contribution in [-0.4, -0.2) is 22.1 Å². The zero-order valence-corrected chi connectivity index (χ0v) is 7.66. The molecule has 0 saturated heterocycles. The third kappa shape index (κ3) is 1.53. The van der Waals surface area contributed by atoms with E-state index in [2.05, 4.69) is 15.0 Å². The molecule has 68 valence electrons. The number of fused-ring (bicyclic) bond motifs is 1. The molecule has 0 spiro atoms. The molecule has 13 heavy (non-hydrogen) atoms. The van der Waals surface area contributed by atoms with Crippen LogP contribution in [0.5, 0.6) is 0 Å². The highest BCUT2D eigenvalue weighted by atomic mass is 16.5. The molecule has 0 amide bonds. The van der Waals surface area contributed by atoms with E-state index in [1.165, 1.54) is 0 Å². The zero-order valence-electron chi connectivity index (χ0n) is 7.66. The van der Waals surface area contributed by atoms with E-state index < -0.39 is 0 Å². The summed E-state index contributed by atoms with van der Waals surface area (Å²) in [6.07, 6.45) is 0. The first-order valence-corrected chi connectivity index (χ1v) is 4.11. The maximum Gasteiger partial charge on any atom is 0.178 e. The predicted octanol–water partition coefficient (Wildman–Crippen LogP) is 1.41.